The van der Waals surface area contributed by atoms with Gasteiger partial charge in [-0.15, -0.1) is 0 Å². The number of nitrogens with zero attached hydrogens (tertiary/aromatic N) is 2. The Morgan fingerprint density at radius 2 is 1.88 bits per heavy atom. The molecule has 1 unspecified atom stereocenters. The maximum absolute atomic E-state index is 15.6. The van der Waals surface area contributed by atoms with Gasteiger partial charge in [0.2, 0.25) is 5.95 Å². The van der Waals surface area contributed by atoms with Crippen LogP contribution in [0.4, 0.5) is 20.4 Å². The molecule has 1 atom stereocenters. The summed E-state index contributed by atoms with van der Waals surface area (Å²) in [5, 5.41) is 12.6. The Hall–Kier alpha value is -3.10. The van der Waals surface area contributed by atoms with E-state index in [1.807, 2.05) is 0 Å². The van der Waals surface area contributed by atoms with Gasteiger partial charge in [0.1, 0.15) is 10.7 Å². The molecule has 4 aromatic rings. The Morgan fingerprint density at radius 3 is 2.58 bits per heavy atom. The van der Waals surface area contributed by atoms with E-state index in [1.165, 1.54) is 30.5 Å². The molecule has 5 rings (SSSR count). The topological polar surface area (TPSA) is 138 Å². The van der Waals surface area contributed by atoms with E-state index in [4.69, 9.17) is 23.2 Å². The Kier molecular flexibility index (Phi) is 7.61. The lowest BCUT2D eigenvalue weighted by Crippen LogP contribution is -2.21. The number of anilines is 2. The maximum Gasteiger partial charge on any atom is 0.263 e. The first-order valence-electron chi connectivity index (χ1n) is 11.7. The fourth-order valence-electron chi connectivity index (χ4n) is 4.37. The van der Waals surface area contributed by atoms with Crippen LogP contribution in [0, 0.1) is 11.6 Å². The molecule has 0 radical (unpaired) electrons. The molecule has 1 aliphatic rings. The molecule has 0 amide bonds. The van der Waals surface area contributed by atoms with Crippen molar-refractivity contribution in [3.8, 4) is 11.1 Å². The van der Waals surface area contributed by atoms with Crippen molar-refractivity contribution in [3.05, 3.63) is 75.9 Å². The van der Waals surface area contributed by atoms with E-state index in [0.29, 0.717) is 17.3 Å². The number of halogens is 4. The first-order chi connectivity index (χ1) is 18.9. The zero-order valence-corrected chi connectivity index (χ0v) is 23.5. The van der Waals surface area contributed by atoms with E-state index in [9.17, 15) is 26.3 Å². The third-order valence-corrected chi connectivity index (χ3v) is 10.2. The Morgan fingerprint density at radius 1 is 1.10 bits per heavy atom. The molecule has 3 N–H and O–H groups in total. The van der Waals surface area contributed by atoms with E-state index < -0.39 is 54.2 Å². The third kappa shape index (κ3) is 5.70. The quantitative estimate of drug-likeness (QED) is 0.266. The molecule has 0 saturated carbocycles. The molecule has 40 heavy (non-hydrogen) atoms. The minimum Gasteiger partial charge on any atom is -0.392 e. The Balaban J connectivity index is 1.46. The van der Waals surface area contributed by atoms with Gasteiger partial charge in [0.25, 0.3) is 10.0 Å². The molecule has 1 fully saturated rings. The number of sulfonamides is 1. The van der Waals surface area contributed by atoms with E-state index in [0.717, 1.165) is 18.2 Å². The number of benzene rings is 3. The monoisotopic (exact) mass is 628 g/mol. The highest BCUT2D eigenvalue weighted by Crippen LogP contribution is 2.35. The summed E-state index contributed by atoms with van der Waals surface area (Å²) in [6, 6.07) is 8.25. The SMILES string of the molecule is O=S1(=O)CCC(Nc2ncc3cc(-c4c(F)ccc(NS(=O)(=O)c5cc(Cl)cc(CO)c5Cl)c4F)ccc3n2)C1. The fraction of sp³-hybridized carbons (Fsp3) is 0.200. The van der Waals surface area contributed by atoms with Gasteiger partial charge in [-0.3, -0.25) is 4.72 Å². The summed E-state index contributed by atoms with van der Waals surface area (Å²) in [6.45, 7) is -0.581. The highest BCUT2D eigenvalue weighted by molar-refractivity contribution is 7.93. The number of hydrogen-bond acceptors (Lipinski definition) is 8. The lowest BCUT2D eigenvalue weighted by molar-refractivity contribution is 0.281. The predicted octanol–water partition coefficient (Wildman–Crippen LogP) is 4.77. The molecular weight excluding hydrogens is 609 g/mol. The van der Waals surface area contributed by atoms with Crippen LogP contribution in [0.3, 0.4) is 0 Å². The zero-order valence-electron chi connectivity index (χ0n) is 20.3. The van der Waals surface area contributed by atoms with Crippen LogP contribution in [0.5, 0.6) is 0 Å². The molecule has 0 spiro atoms. The van der Waals surface area contributed by atoms with Crippen molar-refractivity contribution in [1.29, 1.82) is 0 Å². The minimum absolute atomic E-state index is 0.0147. The van der Waals surface area contributed by atoms with Crippen LogP contribution in [0.2, 0.25) is 10.0 Å². The number of hydrogen-bond donors (Lipinski definition) is 3. The van der Waals surface area contributed by atoms with Crippen LogP contribution < -0.4 is 10.0 Å². The first kappa shape index (κ1) is 28.4. The highest BCUT2D eigenvalue weighted by Gasteiger charge is 2.28. The molecule has 1 aromatic heterocycles. The second-order valence-corrected chi connectivity index (χ2v) is 13.8. The van der Waals surface area contributed by atoms with Gasteiger partial charge in [0, 0.05) is 22.6 Å². The van der Waals surface area contributed by atoms with Crippen LogP contribution in [-0.2, 0) is 26.5 Å². The zero-order chi connectivity index (χ0) is 28.8. The van der Waals surface area contributed by atoms with Gasteiger partial charge in [-0.25, -0.2) is 35.6 Å². The molecule has 0 bridgehead atoms. The molecule has 2 heterocycles. The third-order valence-electron chi connectivity index (χ3n) is 6.31. The molecule has 1 aliphatic heterocycles. The second kappa shape index (κ2) is 10.7. The van der Waals surface area contributed by atoms with Crippen LogP contribution in [-0.4, -0.2) is 49.5 Å². The maximum atomic E-state index is 15.6. The van der Waals surface area contributed by atoms with Crippen molar-refractivity contribution < 1.29 is 30.7 Å². The number of aliphatic hydroxyl groups excluding tert-OH is 1. The number of aliphatic hydroxyl groups is 1. The van der Waals surface area contributed by atoms with Gasteiger partial charge < -0.3 is 10.4 Å². The van der Waals surface area contributed by atoms with Gasteiger partial charge in [-0.2, -0.15) is 0 Å². The van der Waals surface area contributed by atoms with Crippen molar-refractivity contribution in [2.24, 2.45) is 0 Å². The molecule has 210 valence electrons. The Bertz CT molecular complexity index is 1880. The smallest absolute Gasteiger partial charge is 0.263 e. The standard InChI is InChI=1S/C25H20Cl2F2N4O5S2/c26-16-8-15(11-34)23(27)21(9-16)40(37,38)33-20-4-2-18(28)22(24(20)29)13-1-3-19-14(7-13)10-30-25(32-19)31-17-5-6-39(35,36)12-17/h1-4,7-10,17,33-34H,5-6,11-12H2,(H,30,31,32). The predicted molar refractivity (Wildman–Crippen MR) is 149 cm³/mol. The van der Waals surface area contributed by atoms with Crippen molar-refractivity contribution in [2.45, 2.75) is 24.0 Å². The lowest BCUT2D eigenvalue weighted by Gasteiger charge is -2.15. The van der Waals surface area contributed by atoms with Crippen LogP contribution in [0.25, 0.3) is 22.0 Å². The molecule has 3 aromatic carbocycles. The van der Waals surface area contributed by atoms with Crippen molar-refractivity contribution >= 4 is 65.6 Å². The molecule has 1 saturated heterocycles. The minimum atomic E-state index is -4.49. The average Bonchev–Trinajstić information content (AvgIpc) is 3.24. The summed E-state index contributed by atoms with van der Waals surface area (Å²) in [6.07, 6.45) is 1.87. The second-order valence-electron chi connectivity index (χ2n) is 9.14. The highest BCUT2D eigenvalue weighted by atomic mass is 35.5. The largest absolute Gasteiger partial charge is 0.392 e. The van der Waals surface area contributed by atoms with Gasteiger partial charge in [-0.1, -0.05) is 29.3 Å². The van der Waals surface area contributed by atoms with E-state index in [1.54, 1.807) is 0 Å². The van der Waals surface area contributed by atoms with Crippen molar-refractivity contribution in [3.63, 3.8) is 0 Å². The summed E-state index contributed by atoms with van der Waals surface area (Å²) >= 11 is 12.1. The van der Waals surface area contributed by atoms with E-state index >= 15 is 4.39 Å². The number of nitrogens with one attached hydrogen (secondary N) is 2. The molecule has 9 nitrogen and oxygen atoms in total. The summed E-state index contributed by atoms with van der Waals surface area (Å²) < 4.78 is 82.0. The van der Waals surface area contributed by atoms with E-state index in [2.05, 4.69) is 20.0 Å². The normalized spacial score (nSPS) is 16.8. The van der Waals surface area contributed by atoms with Crippen molar-refractivity contribution in [1.82, 2.24) is 9.97 Å². The average molecular weight is 629 g/mol. The molecular formula is C25H20Cl2F2N4O5S2. The molecule has 15 heteroatoms. The first-order valence-corrected chi connectivity index (χ1v) is 15.8. The Labute approximate surface area is 238 Å². The van der Waals surface area contributed by atoms with Gasteiger partial charge in [0.05, 0.1) is 39.9 Å². The van der Waals surface area contributed by atoms with Crippen LogP contribution >= 0.6 is 23.2 Å². The number of aromatic nitrogens is 2. The number of sulfone groups is 1. The number of fused-ring (bicyclic) bond motifs is 1. The van der Waals surface area contributed by atoms with Crippen molar-refractivity contribution in [2.75, 3.05) is 21.5 Å². The van der Waals surface area contributed by atoms with E-state index in [-0.39, 0.29) is 44.7 Å². The molecule has 0 aliphatic carbocycles. The van der Waals surface area contributed by atoms with Gasteiger partial charge >= 0.3 is 0 Å². The van der Waals surface area contributed by atoms with Crippen LogP contribution in [0.15, 0.2) is 53.6 Å². The van der Waals surface area contributed by atoms with Crippen LogP contribution in [0.1, 0.15) is 12.0 Å². The summed E-state index contributed by atoms with van der Waals surface area (Å²) in [5.74, 6) is -1.82. The fourth-order valence-corrected chi connectivity index (χ4v) is 8.03. The lowest BCUT2D eigenvalue weighted by atomic mass is 10.0. The summed E-state index contributed by atoms with van der Waals surface area (Å²) in [5.41, 5.74) is -0.443. The van der Waals surface area contributed by atoms with Gasteiger partial charge in [-0.05, 0) is 53.9 Å². The summed E-state index contributed by atoms with van der Waals surface area (Å²) in [4.78, 5) is 8.06. The summed E-state index contributed by atoms with van der Waals surface area (Å²) in [7, 11) is -7.59. The van der Waals surface area contributed by atoms with Gasteiger partial charge in [0.15, 0.2) is 15.7 Å². The number of rotatable bonds is 7.